The van der Waals surface area contributed by atoms with E-state index >= 15 is 0 Å². The molecule has 1 fully saturated rings. The normalized spacial score (nSPS) is 19.6. The molecule has 0 bridgehead atoms. The first kappa shape index (κ1) is 25.8. The molecule has 1 aromatic heterocycles. The van der Waals surface area contributed by atoms with E-state index in [0.717, 1.165) is 42.5 Å². The van der Waals surface area contributed by atoms with Crippen LogP contribution in [0.4, 0.5) is 16.3 Å². The zero-order valence-corrected chi connectivity index (χ0v) is 21.5. The van der Waals surface area contributed by atoms with Gasteiger partial charge < -0.3 is 25.2 Å². The van der Waals surface area contributed by atoms with Crippen LogP contribution in [0.15, 0.2) is 30.5 Å². The molecule has 2 aliphatic rings. The number of benzene rings is 1. The van der Waals surface area contributed by atoms with Gasteiger partial charge in [-0.15, -0.1) is 0 Å². The molecular formula is C27H36N4O5. The monoisotopic (exact) mass is 496 g/mol. The number of carbonyl (C=O) groups is 2. The molecule has 2 atom stereocenters. The summed E-state index contributed by atoms with van der Waals surface area (Å²) in [6.45, 7) is 8.65. The third-order valence-electron chi connectivity index (χ3n) is 6.36. The third kappa shape index (κ3) is 6.26. The topological polar surface area (TPSA) is 113 Å². The van der Waals surface area contributed by atoms with Gasteiger partial charge in [0.15, 0.2) is 11.6 Å². The molecule has 4 rings (SSSR count). The minimum atomic E-state index is -0.598. The van der Waals surface area contributed by atoms with E-state index in [1.165, 1.54) is 4.90 Å². The van der Waals surface area contributed by atoms with Gasteiger partial charge in [-0.05, 0) is 69.9 Å². The summed E-state index contributed by atoms with van der Waals surface area (Å²) in [5.74, 6) is 0.788. The van der Waals surface area contributed by atoms with Crippen LogP contribution in [0.25, 0.3) is 0 Å². The summed E-state index contributed by atoms with van der Waals surface area (Å²) in [5.41, 5.74) is 2.65. The van der Waals surface area contributed by atoms with Crippen LogP contribution in [0.3, 0.4) is 0 Å². The number of anilines is 2. The maximum absolute atomic E-state index is 12.8. The molecule has 0 radical (unpaired) electrons. The zero-order valence-electron chi connectivity index (χ0n) is 21.5. The van der Waals surface area contributed by atoms with Gasteiger partial charge in [0.25, 0.3) is 5.91 Å². The highest BCUT2D eigenvalue weighted by Gasteiger charge is 2.29. The Hall–Kier alpha value is -3.33. The van der Waals surface area contributed by atoms with Gasteiger partial charge in [0.1, 0.15) is 12.2 Å². The summed E-state index contributed by atoms with van der Waals surface area (Å²) in [4.78, 5) is 31.4. The second kappa shape index (κ2) is 10.7. The Balaban J connectivity index is 1.42. The molecule has 2 aromatic rings. The fourth-order valence-corrected chi connectivity index (χ4v) is 4.41. The molecule has 1 aliphatic carbocycles. The standard InChI is InChI=1S/C27H36N4O5/c1-17-9-10-19(25(33)30-20-7-5-6-8-22(20)32)14-21(17)28-15-18-13-23-24(29-16-18)31(11-12-35-23)26(34)36-27(2,3)4/h9-10,13-14,16,20,22,28,32H,5-8,11-12,15H2,1-4H3,(H,30,33)/t20-,22-/m0/s1. The molecule has 2 amide bonds. The highest BCUT2D eigenvalue weighted by molar-refractivity contribution is 5.95. The Morgan fingerprint density at radius 2 is 2.00 bits per heavy atom. The minimum absolute atomic E-state index is 0.185. The van der Waals surface area contributed by atoms with Gasteiger partial charge in [-0.25, -0.2) is 9.78 Å². The molecule has 9 nitrogen and oxygen atoms in total. The van der Waals surface area contributed by atoms with Gasteiger partial charge in [-0.3, -0.25) is 9.69 Å². The Bertz CT molecular complexity index is 1110. The van der Waals surface area contributed by atoms with E-state index in [0.29, 0.717) is 36.8 Å². The van der Waals surface area contributed by atoms with Crippen molar-refractivity contribution < 1.29 is 24.2 Å². The van der Waals surface area contributed by atoms with E-state index in [-0.39, 0.29) is 11.9 Å². The van der Waals surface area contributed by atoms with Crippen LogP contribution in [0.2, 0.25) is 0 Å². The summed E-state index contributed by atoms with van der Waals surface area (Å²) in [6.07, 6.45) is 4.29. The van der Waals surface area contributed by atoms with E-state index in [4.69, 9.17) is 9.47 Å². The number of amides is 2. The highest BCUT2D eigenvalue weighted by Crippen LogP contribution is 2.31. The lowest BCUT2D eigenvalue weighted by atomic mass is 9.92. The van der Waals surface area contributed by atoms with Crippen LogP contribution < -0.4 is 20.3 Å². The molecule has 1 aliphatic heterocycles. The number of aromatic nitrogens is 1. The third-order valence-corrected chi connectivity index (χ3v) is 6.36. The molecule has 9 heteroatoms. The van der Waals surface area contributed by atoms with Crippen LogP contribution >= 0.6 is 0 Å². The van der Waals surface area contributed by atoms with Crippen molar-refractivity contribution >= 4 is 23.5 Å². The lowest BCUT2D eigenvalue weighted by Crippen LogP contribution is -2.45. The fraction of sp³-hybridized carbons (Fsp3) is 0.519. The van der Waals surface area contributed by atoms with E-state index in [2.05, 4.69) is 15.6 Å². The van der Waals surface area contributed by atoms with Gasteiger partial charge in [0.2, 0.25) is 0 Å². The number of nitrogens with one attached hydrogen (secondary N) is 2. The van der Waals surface area contributed by atoms with E-state index in [9.17, 15) is 14.7 Å². The average Bonchev–Trinajstić information content (AvgIpc) is 2.83. The van der Waals surface area contributed by atoms with E-state index in [1.54, 1.807) is 12.3 Å². The van der Waals surface area contributed by atoms with Crippen LogP contribution in [0, 0.1) is 6.92 Å². The molecule has 3 N–H and O–H groups in total. The molecule has 1 saturated carbocycles. The zero-order chi connectivity index (χ0) is 25.9. The predicted molar refractivity (Wildman–Crippen MR) is 138 cm³/mol. The number of aryl methyl sites for hydroxylation is 1. The number of pyridine rings is 1. The average molecular weight is 497 g/mol. The Kier molecular flexibility index (Phi) is 7.68. The van der Waals surface area contributed by atoms with Crippen molar-refractivity contribution in [3.8, 4) is 5.75 Å². The van der Waals surface area contributed by atoms with E-state index < -0.39 is 17.8 Å². The first-order valence-electron chi connectivity index (χ1n) is 12.6. The van der Waals surface area contributed by atoms with Crippen LogP contribution in [-0.4, -0.2) is 53.0 Å². The molecule has 36 heavy (non-hydrogen) atoms. The molecular weight excluding hydrogens is 460 g/mol. The van der Waals surface area contributed by atoms with Crippen molar-refractivity contribution in [2.45, 2.75) is 77.7 Å². The van der Waals surface area contributed by atoms with Gasteiger partial charge in [-0.2, -0.15) is 0 Å². The maximum atomic E-state index is 12.8. The van der Waals surface area contributed by atoms with Gasteiger partial charge >= 0.3 is 6.09 Å². The molecule has 0 unspecified atom stereocenters. The summed E-state index contributed by atoms with van der Waals surface area (Å²) in [5, 5.41) is 16.5. The van der Waals surface area contributed by atoms with Crippen molar-refractivity contribution in [2.24, 2.45) is 0 Å². The van der Waals surface area contributed by atoms with Gasteiger partial charge in [-0.1, -0.05) is 18.9 Å². The second-order valence-corrected chi connectivity index (χ2v) is 10.5. The fourth-order valence-electron chi connectivity index (χ4n) is 4.41. The van der Waals surface area contributed by atoms with Crippen LogP contribution in [0.1, 0.15) is 67.9 Å². The Morgan fingerprint density at radius 1 is 1.22 bits per heavy atom. The SMILES string of the molecule is Cc1ccc(C(=O)N[C@H]2CCCC[C@@H]2O)cc1NCc1cnc2c(c1)OCCN2C(=O)OC(C)(C)C. The minimum Gasteiger partial charge on any atom is -0.488 e. The number of hydrogen-bond donors (Lipinski definition) is 3. The molecule has 194 valence electrons. The predicted octanol–water partition coefficient (Wildman–Crippen LogP) is 4.17. The second-order valence-electron chi connectivity index (χ2n) is 10.5. The summed E-state index contributed by atoms with van der Waals surface area (Å²) in [6, 6.07) is 7.19. The van der Waals surface area contributed by atoms with Crippen molar-refractivity contribution in [2.75, 3.05) is 23.4 Å². The number of carbonyl (C=O) groups excluding carboxylic acids is 2. The van der Waals surface area contributed by atoms with Crippen LogP contribution in [-0.2, 0) is 11.3 Å². The quantitative estimate of drug-likeness (QED) is 0.569. The summed E-state index contributed by atoms with van der Waals surface area (Å²) in [7, 11) is 0. The van der Waals surface area contributed by atoms with Gasteiger partial charge in [0.05, 0.1) is 18.7 Å². The first-order valence-corrected chi connectivity index (χ1v) is 12.6. The number of rotatable bonds is 5. The van der Waals surface area contributed by atoms with Crippen molar-refractivity contribution in [3.63, 3.8) is 0 Å². The lowest BCUT2D eigenvalue weighted by Gasteiger charge is -2.30. The van der Waals surface area contributed by atoms with Crippen molar-refractivity contribution in [3.05, 3.63) is 47.2 Å². The number of ether oxygens (including phenoxy) is 2. The number of aliphatic hydroxyl groups is 1. The molecule has 2 heterocycles. The number of aliphatic hydroxyl groups excluding tert-OH is 1. The summed E-state index contributed by atoms with van der Waals surface area (Å²) >= 11 is 0. The lowest BCUT2D eigenvalue weighted by molar-refractivity contribution is 0.0566. The largest absolute Gasteiger partial charge is 0.488 e. The first-order chi connectivity index (χ1) is 17.1. The number of hydrogen-bond acceptors (Lipinski definition) is 7. The number of nitrogens with zero attached hydrogens (tertiary/aromatic N) is 2. The molecule has 0 saturated heterocycles. The van der Waals surface area contributed by atoms with Crippen LogP contribution in [0.5, 0.6) is 5.75 Å². The smallest absolute Gasteiger partial charge is 0.416 e. The van der Waals surface area contributed by atoms with E-state index in [1.807, 2.05) is 45.9 Å². The van der Waals surface area contributed by atoms with Crippen molar-refractivity contribution in [1.29, 1.82) is 0 Å². The maximum Gasteiger partial charge on any atom is 0.416 e. The highest BCUT2D eigenvalue weighted by atomic mass is 16.6. The Morgan fingerprint density at radius 3 is 2.75 bits per heavy atom. The van der Waals surface area contributed by atoms with Crippen molar-refractivity contribution in [1.82, 2.24) is 10.3 Å². The number of fused-ring (bicyclic) bond motifs is 1. The summed E-state index contributed by atoms with van der Waals surface area (Å²) < 4.78 is 11.3. The van der Waals surface area contributed by atoms with Gasteiger partial charge in [0, 0.05) is 24.0 Å². The molecule has 0 spiro atoms. The Labute approximate surface area is 212 Å². The molecule has 1 aromatic carbocycles.